The molecule has 1 aliphatic rings. The molecule has 7 nitrogen and oxygen atoms in total. The van der Waals surface area contributed by atoms with Gasteiger partial charge in [0.25, 0.3) is 11.8 Å². The number of carbonyl (C=O) groups excluding carboxylic acids is 3. The Bertz CT molecular complexity index is 1540. The van der Waals surface area contributed by atoms with Crippen LogP contribution in [0.3, 0.4) is 0 Å². The van der Waals surface area contributed by atoms with Crippen molar-refractivity contribution < 1.29 is 32.3 Å². The van der Waals surface area contributed by atoms with Gasteiger partial charge in [-0.3, -0.25) is 14.4 Å². The summed E-state index contributed by atoms with van der Waals surface area (Å²) in [5.41, 5.74) is -0.543. The molecule has 0 radical (unpaired) electrons. The van der Waals surface area contributed by atoms with Gasteiger partial charge in [-0.2, -0.15) is 0 Å². The second kappa shape index (κ2) is 13.6. The van der Waals surface area contributed by atoms with E-state index in [2.05, 4.69) is 31.9 Å². The number of carbonyl (C=O) groups is 3. The lowest BCUT2D eigenvalue weighted by molar-refractivity contribution is -0.124. The Morgan fingerprint density at radius 3 is 2.40 bits per heavy atom. The van der Waals surface area contributed by atoms with Gasteiger partial charge in [0.15, 0.2) is 5.82 Å². The molecule has 1 unspecified atom stereocenters. The normalized spacial score (nSPS) is 14.9. The molecule has 0 aromatic heterocycles. The van der Waals surface area contributed by atoms with Gasteiger partial charge < -0.3 is 20.7 Å². The Hall–Kier alpha value is -2.83. The highest BCUT2D eigenvalue weighted by Gasteiger charge is 2.29. The summed E-state index contributed by atoms with van der Waals surface area (Å²) in [7, 11) is 0. The molecule has 1 fully saturated rings. The number of hydrogen-bond donors (Lipinski definition) is 3. The van der Waals surface area contributed by atoms with Crippen LogP contribution in [0.2, 0.25) is 5.02 Å². The minimum absolute atomic E-state index is 0.0224. The van der Waals surface area contributed by atoms with E-state index in [9.17, 15) is 23.2 Å². The lowest BCUT2D eigenvalue weighted by Gasteiger charge is -2.19. The summed E-state index contributed by atoms with van der Waals surface area (Å²) in [6.45, 7) is 0.367. The molecule has 1 saturated heterocycles. The summed E-state index contributed by atoms with van der Waals surface area (Å²) in [6.07, 6.45) is -0.0786. The molecule has 0 saturated carbocycles. The summed E-state index contributed by atoms with van der Waals surface area (Å²) in [6, 6.07) is 10.1. The van der Waals surface area contributed by atoms with Crippen molar-refractivity contribution in [2.24, 2.45) is 0 Å². The summed E-state index contributed by atoms with van der Waals surface area (Å²) in [4.78, 5) is 38.0. The first-order chi connectivity index (χ1) is 19.8. The monoisotopic (exact) mass is 705 g/mol. The van der Waals surface area contributed by atoms with Gasteiger partial charge in [-0.05, 0) is 76.8 Å². The largest absolute Gasteiger partial charge is 0.368 e. The Morgan fingerprint density at radius 2 is 1.71 bits per heavy atom. The zero-order chi connectivity index (χ0) is 30.6. The number of ether oxygens (including phenoxy) is 1. The predicted molar refractivity (Wildman–Crippen MR) is 159 cm³/mol. The van der Waals surface area contributed by atoms with E-state index in [0.29, 0.717) is 25.0 Å². The lowest BCUT2D eigenvalue weighted by Crippen LogP contribution is -2.28. The van der Waals surface area contributed by atoms with Crippen LogP contribution in [0.5, 0.6) is 0 Å². The molecule has 3 N–H and O–H groups in total. The van der Waals surface area contributed by atoms with Crippen LogP contribution in [0.25, 0.3) is 0 Å². The molecule has 3 aromatic carbocycles. The van der Waals surface area contributed by atoms with E-state index in [4.69, 9.17) is 39.5 Å². The Labute approximate surface area is 262 Å². The average Bonchev–Trinajstić information content (AvgIpc) is 3.46. The highest BCUT2D eigenvalue weighted by atomic mass is 79.9. The molecule has 0 spiro atoms. The Kier molecular flexibility index (Phi) is 10.4. The number of amides is 3. The van der Waals surface area contributed by atoms with E-state index < -0.39 is 57.0 Å². The lowest BCUT2D eigenvalue weighted by atomic mass is 10.1. The molecule has 222 valence electrons. The third-order valence-electron chi connectivity index (χ3n) is 6.17. The highest BCUT2D eigenvalue weighted by molar-refractivity contribution is 9.10. The first-order valence-electron chi connectivity index (χ1n) is 12.5. The first-order valence-corrected chi connectivity index (χ1v) is 14.4. The maximum absolute atomic E-state index is 15.1. The predicted octanol–water partition coefficient (Wildman–Crippen LogP) is 7.63. The third kappa shape index (κ3) is 8.17. The molecule has 0 bridgehead atoms. The average molecular weight is 708 g/mol. The number of benzene rings is 3. The van der Waals surface area contributed by atoms with Crippen molar-refractivity contribution in [3.8, 4) is 0 Å². The van der Waals surface area contributed by atoms with Crippen molar-refractivity contribution >= 4 is 85.5 Å². The van der Waals surface area contributed by atoms with Crippen molar-refractivity contribution in [3.05, 3.63) is 86.6 Å². The van der Waals surface area contributed by atoms with Crippen LogP contribution >= 0.6 is 50.7 Å². The van der Waals surface area contributed by atoms with Crippen LogP contribution in [-0.2, 0) is 20.7 Å². The first kappa shape index (κ1) is 32.1. The second-order valence-electron chi connectivity index (χ2n) is 9.43. The van der Waals surface area contributed by atoms with E-state index in [0.717, 1.165) is 12.1 Å². The molecule has 3 amide bonds. The van der Waals surface area contributed by atoms with Gasteiger partial charge >= 0.3 is 0 Å². The number of alkyl halides is 2. The fourth-order valence-corrected chi connectivity index (χ4v) is 5.35. The van der Waals surface area contributed by atoms with E-state index in [1.807, 2.05) is 0 Å². The van der Waals surface area contributed by atoms with Crippen molar-refractivity contribution in [2.75, 3.05) is 22.6 Å². The molecule has 1 atom stereocenters. The summed E-state index contributed by atoms with van der Waals surface area (Å²) < 4.78 is 46.9. The fourth-order valence-electron chi connectivity index (χ4n) is 4.17. The number of nitrogens with one attached hydrogen (secondary N) is 3. The van der Waals surface area contributed by atoms with E-state index in [1.165, 1.54) is 36.4 Å². The van der Waals surface area contributed by atoms with E-state index in [-0.39, 0.29) is 33.6 Å². The fraction of sp³-hybridized carbons (Fsp3) is 0.250. The van der Waals surface area contributed by atoms with E-state index in [1.54, 1.807) is 0 Å². The van der Waals surface area contributed by atoms with Gasteiger partial charge in [-0.15, -0.1) is 23.2 Å². The summed E-state index contributed by atoms with van der Waals surface area (Å²) in [5, 5.41) is 7.02. The van der Waals surface area contributed by atoms with Gasteiger partial charge in [-0.1, -0.05) is 17.7 Å². The van der Waals surface area contributed by atoms with Gasteiger partial charge in [0.1, 0.15) is 27.8 Å². The topological polar surface area (TPSA) is 96.5 Å². The summed E-state index contributed by atoms with van der Waals surface area (Å²) in [5.74, 6) is -4.87. The molecule has 1 aliphatic heterocycles. The van der Waals surface area contributed by atoms with Gasteiger partial charge in [0, 0.05) is 18.7 Å². The SMILES string of the molecule is O=C(CC(Cl)(Cl)Cc1ccc(F)c(Br)c1)Nc1ccc(Cl)c(C(=O)Nc2ccc(F)c(NC(=O)C3CCCO3)c2F)c1. The number of anilines is 3. The minimum Gasteiger partial charge on any atom is -0.368 e. The molecular formula is C28H22BrCl3F3N3O4. The van der Waals surface area contributed by atoms with Gasteiger partial charge in [0.05, 0.1) is 27.2 Å². The maximum Gasteiger partial charge on any atom is 0.257 e. The zero-order valence-corrected chi connectivity index (χ0v) is 25.4. The van der Waals surface area contributed by atoms with Crippen molar-refractivity contribution in [1.82, 2.24) is 0 Å². The molecule has 42 heavy (non-hydrogen) atoms. The smallest absolute Gasteiger partial charge is 0.257 e. The minimum atomic E-state index is -1.54. The molecular weight excluding hydrogens is 686 g/mol. The van der Waals surface area contributed by atoms with Gasteiger partial charge in [0.2, 0.25) is 5.91 Å². The van der Waals surface area contributed by atoms with Crippen LogP contribution in [0.4, 0.5) is 30.2 Å². The van der Waals surface area contributed by atoms with Crippen LogP contribution < -0.4 is 16.0 Å². The number of rotatable bonds is 9. The van der Waals surface area contributed by atoms with Crippen LogP contribution in [0.1, 0.15) is 35.2 Å². The van der Waals surface area contributed by atoms with Crippen molar-refractivity contribution in [1.29, 1.82) is 0 Å². The standard InChI is InChI=1S/C28H22BrCl3F3N3O4/c29-17-10-14(3-6-19(17)33)12-28(31,32)13-23(39)36-15-4-5-18(30)16(11-15)26(40)37-21-8-7-20(34)25(24(21)35)38-27(41)22-2-1-9-42-22/h3-8,10-11,22H,1-2,9,12-13H2,(H,36,39)(H,37,40)(H,38,41). The molecule has 3 aromatic rings. The van der Waals surface area contributed by atoms with Crippen LogP contribution in [0, 0.1) is 17.5 Å². The number of halogens is 7. The van der Waals surface area contributed by atoms with Gasteiger partial charge in [-0.25, -0.2) is 13.2 Å². The van der Waals surface area contributed by atoms with Crippen LogP contribution in [-0.4, -0.2) is 34.8 Å². The quantitative estimate of drug-likeness (QED) is 0.199. The van der Waals surface area contributed by atoms with Crippen molar-refractivity contribution in [2.45, 2.75) is 36.1 Å². The third-order valence-corrected chi connectivity index (χ3v) is 7.64. The zero-order valence-electron chi connectivity index (χ0n) is 21.5. The highest BCUT2D eigenvalue weighted by Crippen LogP contribution is 2.33. The molecule has 0 aliphatic carbocycles. The van der Waals surface area contributed by atoms with Crippen LogP contribution in [0.15, 0.2) is 53.0 Å². The second-order valence-corrected chi connectivity index (χ2v) is 12.3. The Balaban J connectivity index is 1.43. The summed E-state index contributed by atoms with van der Waals surface area (Å²) >= 11 is 22.0. The molecule has 14 heteroatoms. The Morgan fingerprint density at radius 1 is 0.976 bits per heavy atom. The maximum atomic E-state index is 15.1. The molecule has 1 heterocycles. The number of hydrogen-bond acceptors (Lipinski definition) is 4. The van der Waals surface area contributed by atoms with Crippen molar-refractivity contribution in [3.63, 3.8) is 0 Å². The van der Waals surface area contributed by atoms with E-state index >= 15 is 4.39 Å². The molecule has 4 rings (SSSR count).